The van der Waals surface area contributed by atoms with Crippen LogP contribution in [0.2, 0.25) is 5.15 Å². The Morgan fingerprint density at radius 1 is 1.40 bits per heavy atom. The molecule has 1 aliphatic rings. The van der Waals surface area contributed by atoms with Crippen molar-refractivity contribution in [3.63, 3.8) is 0 Å². The molecule has 0 bridgehead atoms. The summed E-state index contributed by atoms with van der Waals surface area (Å²) in [5.41, 5.74) is -0.469. The number of aromatic nitrogens is 2. The SMILES string of the molecule is OC1(CCNc2nsnc2Cl)CCCC1. The van der Waals surface area contributed by atoms with Crippen LogP contribution >= 0.6 is 23.3 Å². The number of halogens is 1. The van der Waals surface area contributed by atoms with E-state index in [1.165, 1.54) is 0 Å². The minimum absolute atomic E-state index is 0.415. The first-order chi connectivity index (χ1) is 7.20. The van der Waals surface area contributed by atoms with Gasteiger partial charge in [-0.2, -0.15) is 8.75 Å². The fraction of sp³-hybridized carbons (Fsp3) is 0.778. The molecule has 2 rings (SSSR count). The average Bonchev–Trinajstić information content (AvgIpc) is 2.78. The van der Waals surface area contributed by atoms with Gasteiger partial charge in [0.05, 0.1) is 17.3 Å². The van der Waals surface area contributed by atoms with Crippen LogP contribution < -0.4 is 5.32 Å². The molecule has 1 heterocycles. The molecule has 2 N–H and O–H groups in total. The third-order valence-corrected chi connectivity index (χ3v) is 3.76. The number of nitrogens with one attached hydrogen (secondary N) is 1. The molecule has 0 amide bonds. The maximum Gasteiger partial charge on any atom is 0.186 e. The Bertz CT molecular complexity index is 325. The van der Waals surface area contributed by atoms with Crippen molar-refractivity contribution >= 4 is 29.1 Å². The van der Waals surface area contributed by atoms with Gasteiger partial charge in [-0.05, 0) is 19.3 Å². The van der Waals surface area contributed by atoms with Crippen molar-refractivity contribution in [1.29, 1.82) is 0 Å². The molecule has 15 heavy (non-hydrogen) atoms. The van der Waals surface area contributed by atoms with E-state index >= 15 is 0 Å². The van der Waals surface area contributed by atoms with Gasteiger partial charge >= 0.3 is 0 Å². The van der Waals surface area contributed by atoms with Crippen molar-refractivity contribution in [3.8, 4) is 0 Å². The summed E-state index contributed by atoms with van der Waals surface area (Å²) in [4.78, 5) is 0. The smallest absolute Gasteiger partial charge is 0.186 e. The van der Waals surface area contributed by atoms with E-state index in [1.54, 1.807) is 0 Å². The Labute approximate surface area is 98.0 Å². The lowest BCUT2D eigenvalue weighted by Crippen LogP contribution is -2.27. The van der Waals surface area contributed by atoms with Gasteiger partial charge in [-0.3, -0.25) is 0 Å². The third-order valence-electron chi connectivity index (χ3n) is 2.87. The Hall–Kier alpha value is -0.390. The molecular formula is C9H14ClN3OS. The molecule has 0 spiro atoms. The lowest BCUT2D eigenvalue weighted by molar-refractivity contribution is 0.0424. The van der Waals surface area contributed by atoms with Crippen LogP contribution in [0.4, 0.5) is 5.82 Å². The van der Waals surface area contributed by atoms with Crippen molar-refractivity contribution in [2.24, 2.45) is 0 Å². The molecule has 1 aliphatic carbocycles. The van der Waals surface area contributed by atoms with E-state index in [0.29, 0.717) is 17.5 Å². The minimum atomic E-state index is -0.469. The maximum atomic E-state index is 10.1. The van der Waals surface area contributed by atoms with E-state index in [9.17, 15) is 5.11 Å². The zero-order chi connectivity index (χ0) is 10.7. The van der Waals surface area contributed by atoms with E-state index in [1.807, 2.05) is 0 Å². The highest BCUT2D eigenvalue weighted by molar-refractivity contribution is 6.99. The first-order valence-electron chi connectivity index (χ1n) is 5.14. The molecule has 1 saturated carbocycles. The highest BCUT2D eigenvalue weighted by atomic mass is 35.5. The molecule has 0 atom stereocenters. The number of nitrogens with zero attached hydrogens (tertiary/aromatic N) is 2. The second-order valence-electron chi connectivity index (χ2n) is 4.01. The molecule has 0 saturated heterocycles. The molecule has 1 aromatic rings. The van der Waals surface area contributed by atoms with Crippen LogP contribution in [0, 0.1) is 0 Å². The summed E-state index contributed by atoms with van der Waals surface area (Å²) in [6, 6.07) is 0. The second-order valence-corrected chi connectivity index (χ2v) is 4.90. The van der Waals surface area contributed by atoms with Gasteiger partial charge in [0.2, 0.25) is 0 Å². The normalized spacial score (nSPS) is 19.3. The van der Waals surface area contributed by atoms with Crippen molar-refractivity contribution in [1.82, 2.24) is 8.75 Å². The van der Waals surface area contributed by atoms with Gasteiger partial charge in [-0.25, -0.2) is 0 Å². The molecule has 1 fully saturated rings. The van der Waals surface area contributed by atoms with E-state index in [2.05, 4.69) is 14.1 Å². The summed E-state index contributed by atoms with van der Waals surface area (Å²) in [6.07, 6.45) is 4.85. The monoisotopic (exact) mass is 247 g/mol. The van der Waals surface area contributed by atoms with Crippen LogP contribution in [-0.2, 0) is 0 Å². The van der Waals surface area contributed by atoms with Crippen LogP contribution in [0.1, 0.15) is 32.1 Å². The number of anilines is 1. The molecule has 0 aliphatic heterocycles. The first-order valence-corrected chi connectivity index (χ1v) is 6.25. The van der Waals surface area contributed by atoms with Gasteiger partial charge in [0.1, 0.15) is 0 Å². The lowest BCUT2D eigenvalue weighted by atomic mass is 9.98. The topological polar surface area (TPSA) is 58.0 Å². The summed E-state index contributed by atoms with van der Waals surface area (Å²) < 4.78 is 7.86. The predicted octanol–water partition coefficient (Wildman–Crippen LogP) is 2.30. The van der Waals surface area contributed by atoms with Gasteiger partial charge in [0, 0.05) is 6.54 Å². The van der Waals surface area contributed by atoms with Crippen LogP contribution in [0.3, 0.4) is 0 Å². The molecular weight excluding hydrogens is 234 g/mol. The van der Waals surface area contributed by atoms with Crippen LogP contribution in [0.5, 0.6) is 0 Å². The van der Waals surface area contributed by atoms with E-state index in [4.69, 9.17) is 11.6 Å². The molecule has 0 unspecified atom stereocenters. The fourth-order valence-corrected chi connectivity index (χ4v) is 2.66. The standard InChI is InChI=1S/C9H14ClN3OS/c10-7-8(13-15-12-7)11-6-5-9(14)3-1-2-4-9/h14H,1-6H2,(H,11,13). The molecule has 4 nitrogen and oxygen atoms in total. The van der Waals surface area contributed by atoms with Crippen LogP contribution in [-0.4, -0.2) is 26.0 Å². The van der Waals surface area contributed by atoms with E-state index < -0.39 is 5.60 Å². The first kappa shape index (κ1) is 11.1. The predicted molar refractivity (Wildman–Crippen MR) is 61.4 cm³/mol. The highest BCUT2D eigenvalue weighted by Crippen LogP contribution is 2.32. The van der Waals surface area contributed by atoms with E-state index in [-0.39, 0.29) is 0 Å². The Morgan fingerprint density at radius 3 is 2.73 bits per heavy atom. The van der Waals surface area contributed by atoms with Gasteiger partial charge < -0.3 is 10.4 Å². The van der Waals surface area contributed by atoms with Gasteiger partial charge in [-0.1, -0.05) is 24.4 Å². The number of aliphatic hydroxyl groups is 1. The summed E-state index contributed by atoms with van der Waals surface area (Å²) in [5.74, 6) is 0.628. The number of rotatable bonds is 4. The molecule has 84 valence electrons. The zero-order valence-corrected chi connectivity index (χ0v) is 9.94. The number of hydrogen-bond donors (Lipinski definition) is 2. The Kier molecular flexibility index (Phi) is 3.43. The zero-order valence-electron chi connectivity index (χ0n) is 8.37. The fourth-order valence-electron chi connectivity index (χ4n) is 1.98. The van der Waals surface area contributed by atoms with E-state index in [0.717, 1.165) is 43.8 Å². The largest absolute Gasteiger partial charge is 0.390 e. The Balaban J connectivity index is 1.77. The van der Waals surface area contributed by atoms with Crippen molar-refractivity contribution in [3.05, 3.63) is 5.15 Å². The van der Waals surface area contributed by atoms with Crippen molar-refractivity contribution < 1.29 is 5.11 Å². The van der Waals surface area contributed by atoms with Gasteiger partial charge in [-0.15, -0.1) is 0 Å². The average molecular weight is 248 g/mol. The summed E-state index contributed by atoms with van der Waals surface area (Å²) in [6.45, 7) is 0.696. The van der Waals surface area contributed by atoms with Crippen molar-refractivity contribution in [2.45, 2.75) is 37.7 Å². The number of hydrogen-bond acceptors (Lipinski definition) is 5. The summed E-state index contributed by atoms with van der Waals surface area (Å²) in [5, 5.41) is 13.6. The third kappa shape index (κ3) is 2.80. The second kappa shape index (κ2) is 4.63. The molecule has 0 aromatic carbocycles. The molecule has 6 heteroatoms. The Morgan fingerprint density at radius 2 is 2.13 bits per heavy atom. The summed E-state index contributed by atoms with van der Waals surface area (Å²) in [7, 11) is 0. The van der Waals surface area contributed by atoms with Crippen LogP contribution in [0.25, 0.3) is 0 Å². The van der Waals surface area contributed by atoms with Gasteiger partial charge in [0.25, 0.3) is 0 Å². The summed E-state index contributed by atoms with van der Waals surface area (Å²) >= 11 is 6.87. The molecule has 0 radical (unpaired) electrons. The van der Waals surface area contributed by atoms with Crippen LogP contribution in [0.15, 0.2) is 0 Å². The quantitative estimate of drug-likeness (QED) is 0.857. The van der Waals surface area contributed by atoms with Gasteiger partial charge in [0.15, 0.2) is 11.0 Å². The highest BCUT2D eigenvalue weighted by Gasteiger charge is 2.30. The lowest BCUT2D eigenvalue weighted by Gasteiger charge is -2.21. The minimum Gasteiger partial charge on any atom is -0.390 e. The molecule has 1 aromatic heterocycles. The maximum absolute atomic E-state index is 10.1. The van der Waals surface area contributed by atoms with Crippen molar-refractivity contribution in [2.75, 3.05) is 11.9 Å².